The number of aromatic nitrogens is 6. The Labute approximate surface area is 168 Å². The summed E-state index contributed by atoms with van der Waals surface area (Å²) in [5.41, 5.74) is 4.07. The number of rotatable bonds is 6. The molecule has 1 atom stereocenters. The minimum atomic E-state index is -0.0987. The van der Waals surface area contributed by atoms with Crippen molar-refractivity contribution in [1.29, 1.82) is 0 Å². The largest absolute Gasteiger partial charge is 0.491 e. The van der Waals surface area contributed by atoms with Crippen molar-refractivity contribution < 1.29 is 9.84 Å². The molecule has 8 nitrogen and oxygen atoms in total. The molecule has 29 heavy (non-hydrogen) atoms. The van der Waals surface area contributed by atoms with Gasteiger partial charge >= 0.3 is 0 Å². The lowest BCUT2D eigenvalue weighted by atomic mass is 10.1. The van der Waals surface area contributed by atoms with Gasteiger partial charge in [0.05, 0.1) is 35.7 Å². The average molecular weight is 392 g/mol. The molecule has 0 fully saturated rings. The van der Waals surface area contributed by atoms with E-state index in [0.29, 0.717) is 11.5 Å². The Morgan fingerprint density at radius 3 is 2.79 bits per heavy atom. The molecule has 1 unspecified atom stereocenters. The van der Waals surface area contributed by atoms with Crippen LogP contribution in [0.25, 0.3) is 33.7 Å². The second-order valence-electron chi connectivity index (χ2n) is 7.35. The van der Waals surface area contributed by atoms with Crippen LogP contribution >= 0.6 is 0 Å². The Balaban J connectivity index is 1.75. The molecule has 0 radical (unpaired) electrons. The zero-order valence-electron chi connectivity index (χ0n) is 16.9. The van der Waals surface area contributed by atoms with Crippen LogP contribution in [0.15, 0.2) is 36.7 Å². The number of nitrogens with one attached hydrogen (secondary N) is 1. The molecular weight excluding hydrogens is 368 g/mol. The lowest BCUT2D eigenvalue weighted by Crippen LogP contribution is -2.09. The van der Waals surface area contributed by atoms with Gasteiger partial charge in [0.1, 0.15) is 11.4 Å². The molecule has 0 amide bonds. The molecule has 150 valence electrons. The Bertz CT molecular complexity index is 1150. The first-order valence-electron chi connectivity index (χ1n) is 9.61. The maximum absolute atomic E-state index is 9.40. The van der Waals surface area contributed by atoms with Crippen molar-refractivity contribution in [2.75, 3.05) is 6.61 Å². The fourth-order valence-corrected chi connectivity index (χ4v) is 3.17. The fraction of sp³-hybridized carbons (Fsp3) is 0.333. The lowest BCUT2D eigenvalue weighted by molar-refractivity contribution is 0.229. The van der Waals surface area contributed by atoms with Gasteiger partial charge in [0.2, 0.25) is 0 Å². The highest BCUT2D eigenvalue weighted by Crippen LogP contribution is 2.29. The molecule has 0 spiro atoms. The van der Waals surface area contributed by atoms with Gasteiger partial charge in [0.15, 0.2) is 5.82 Å². The first-order chi connectivity index (χ1) is 14.0. The van der Waals surface area contributed by atoms with Crippen molar-refractivity contribution in [3.05, 3.63) is 42.4 Å². The Morgan fingerprint density at radius 2 is 2.03 bits per heavy atom. The van der Waals surface area contributed by atoms with E-state index >= 15 is 0 Å². The van der Waals surface area contributed by atoms with E-state index in [1.807, 2.05) is 58.2 Å². The van der Waals surface area contributed by atoms with Crippen molar-refractivity contribution in [1.82, 2.24) is 29.9 Å². The zero-order valence-corrected chi connectivity index (χ0v) is 16.9. The Hall–Kier alpha value is -3.26. The smallest absolute Gasteiger partial charge is 0.181 e. The second kappa shape index (κ2) is 7.63. The Morgan fingerprint density at radius 1 is 1.21 bits per heavy atom. The molecule has 3 heterocycles. The monoisotopic (exact) mass is 392 g/mol. The average Bonchev–Trinajstić information content (AvgIpc) is 3.30. The summed E-state index contributed by atoms with van der Waals surface area (Å²) in [6.45, 7) is 7.85. The minimum Gasteiger partial charge on any atom is -0.491 e. The van der Waals surface area contributed by atoms with E-state index in [1.165, 1.54) is 0 Å². The van der Waals surface area contributed by atoms with Crippen molar-refractivity contribution in [3.8, 4) is 28.5 Å². The first-order valence-corrected chi connectivity index (χ1v) is 9.61. The van der Waals surface area contributed by atoms with Crippen LogP contribution in [-0.2, 0) is 0 Å². The van der Waals surface area contributed by atoms with E-state index in [1.54, 1.807) is 10.9 Å². The third-order valence-electron chi connectivity index (χ3n) is 4.68. The van der Waals surface area contributed by atoms with Gasteiger partial charge < -0.3 is 9.84 Å². The molecule has 2 N–H and O–H groups in total. The fourth-order valence-electron chi connectivity index (χ4n) is 3.17. The van der Waals surface area contributed by atoms with Gasteiger partial charge in [0.25, 0.3) is 0 Å². The van der Waals surface area contributed by atoms with Crippen LogP contribution in [0.1, 0.15) is 32.5 Å². The summed E-state index contributed by atoms with van der Waals surface area (Å²) in [5.74, 6) is 1.30. The molecule has 0 saturated heterocycles. The quantitative estimate of drug-likeness (QED) is 0.520. The van der Waals surface area contributed by atoms with E-state index in [9.17, 15) is 5.11 Å². The van der Waals surface area contributed by atoms with Gasteiger partial charge in [-0.2, -0.15) is 10.2 Å². The molecule has 0 aliphatic heterocycles. The third kappa shape index (κ3) is 3.71. The predicted molar refractivity (Wildman–Crippen MR) is 111 cm³/mol. The van der Waals surface area contributed by atoms with Gasteiger partial charge in [-0.3, -0.25) is 9.78 Å². The number of aromatic amines is 1. The van der Waals surface area contributed by atoms with Crippen molar-refractivity contribution in [2.45, 2.75) is 39.8 Å². The molecule has 0 bridgehead atoms. The SMILES string of the molecule is Cc1nn(C(C)CO)cc1-c1ccnc(-c2n[nH]c3ccc(OC(C)C)cc23)n1. The predicted octanol–water partition coefficient (Wildman–Crippen LogP) is 3.53. The standard InChI is InChI=1S/C21H24N6O2/c1-12(2)29-15-5-6-19-16(9-15)20(25-24-19)21-22-8-7-18(23-21)17-10-27(13(3)11-28)26-14(17)4/h5-10,12-13,28H,11H2,1-4H3,(H,24,25). The zero-order chi connectivity index (χ0) is 20.5. The van der Waals surface area contributed by atoms with Crippen LogP contribution in [0.4, 0.5) is 0 Å². The van der Waals surface area contributed by atoms with Gasteiger partial charge in [-0.15, -0.1) is 0 Å². The summed E-state index contributed by atoms with van der Waals surface area (Å²) in [5, 5.41) is 22.3. The van der Waals surface area contributed by atoms with Gasteiger partial charge in [-0.1, -0.05) is 0 Å². The van der Waals surface area contributed by atoms with Crippen molar-refractivity contribution in [3.63, 3.8) is 0 Å². The summed E-state index contributed by atoms with van der Waals surface area (Å²) in [6.07, 6.45) is 3.71. The van der Waals surface area contributed by atoms with Crippen LogP contribution in [0.5, 0.6) is 5.75 Å². The number of aliphatic hydroxyl groups is 1. The number of fused-ring (bicyclic) bond motifs is 1. The number of aliphatic hydroxyl groups excluding tert-OH is 1. The number of aryl methyl sites for hydroxylation is 1. The van der Waals surface area contributed by atoms with E-state index in [0.717, 1.165) is 33.6 Å². The summed E-state index contributed by atoms with van der Waals surface area (Å²) in [6, 6.07) is 7.57. The summed E-state index contributed by atoms with van der Waals surface area (Å²) in [7, 11) is 0. The van der Waals surface area contributed by atoms with Crippen LogP contribution in [-0.4, -0.2) is 47.8 Å². The van der Waals surface area contributed by atoms with Crippen LogP contribution in [0, 0.1) is 6.92 Å². The normalized spacial score (nSPS) is 12.6. The van der Waals surface area contributed by atoms with E-state index in [-0.39, 0.29) is 18.8 Å². The number of hydrogen-bond acceptors (Lipinski definition) is 6. The van der Waals surface area contributed by atoms with Crippen molar-refractivity contribution in [2.24, 2.45) is 0 Å². The first kappa shape index (κ1) is 19.1. The van der Waals surface area contributed by atoms with E-state index in [2.05, 4.69) is 20.3 Å². The maximum Gasteiger partial charge on any atom is 0.181 e. The molecular formula is C21H24N6O2. The van der Waals surface area contributed by atoms with Crippen molar-refractivity contribution >= 4 is 10.9 Å². The van der Waals surface area contributed by atoms with Crippen LogP contribution in [0.2, 0.25) is 0 Å². The molecule has 4 rings (SSSR count). The highest BCUT2D eigenvalue weighted by molar-refractivity contribution is 5.92. The number of benzene rings is 1. The molecule has 0 aliphatic rings. The van der Waals surface area contributed by atoms with Crippen LogP contribution in [0.3, 0.4) is 0 Å². The maximum atomic E-state index is 9.40. The van der Waals surface area contributed by atoms with Gasteiger partial charge in [0, 0.05) is 23.3 Å². The van der Waals surface area contributed by atoms with E-state index in [4.69, 9.17) is 9.72 Å². The number of ether oxygens (including phenoxy) is 1. The summed E-state index contributed by atoms with van der Waals surface area (Å²) in [4.78, 5) is 9.17. The molecule has 8 heteroatoms. The lowest BCUT2D eigenvalue weighted by Gasteiger charge is -2.09. The van der Waals surface area contributed by atoms with E-state index < -0.39 is 0 Å². The molecule has 3 aromatic heterocycles. The Kier molecular flexibility index (Phi) is 5.02. The second-order valence-corrected chi connectivity index (χ2v) is 7.35. The number of hydrogen-bond donors (Lipinski definition) is 2. The molecule has 4 aromatic rings. The van der Waals surface area contributed by atoms with Gasteiger partial charge in [-0.25, -0.2) is 9.97 Å². The topological polar surface area (TPSA) is 102 Å². The molecule has 0 aliphatic carbocycles. The highest BCUT2D eigenvalue weighted by Gasteiger charge is 2.16. The summed E-state index contributed by atoms with van der Waals surface area (Å²) < 4.78 is 7.57. The minimum absolute atomic E-state index is 0.0234. The van der Waals surface area contributed by atoms with Gasteiger partial charge in [-0.05, 0) is 52.0 Å². The highest BCUT2D eigenvalue weighted by atomic mass is 16.5. The number of nitrogens with zero attached hydrogens (tertiary/aromatic N) is 5. The summed E-state index contributed by atoms with van der Waals surface area (Å²) >= 11 is 0. The van der Waals surface area contributed by atoms with Crippen LogP contribution < -0.4 is 4.74 Å². The number of H-pyrrole nitrogens is 1. The molecule has 1 aromatic carbocycles. The molecule has 0 saturated carbocycles. The third-order valence-corrected chi connectivity index (χ3v) is 4.68.